The Hall–Kier alpha value is -1.75. The predicted molar refractivity (Wildman–Crippen MR) is 85.7 cm³/mol. The first kappa shape index (κ1) is 15.6. The van der Waals surface area contributed by atoms with Crippen molar-refractivity contribution in [2.75, 3.05) is 19.5 Å². The van der Waals surface area contributed by atoms with E-state index >= 15 is 0 Å². The lowest BCUT2D eigenvalue weighted by Gasteiger charge is -2.14. The first-order valence-electron chi connectivity index (χ1n) is 6.45. The summed E-state index contributed by atoms with van der Waals surface area (Å²) in [5, 5.41) is 3.29. The van der Waals surface area contributed by atoms with Crippen molar-refractivity contribution in [3.8, 4) is 11.5 Å². The highest BCUT2D eigenvalue weighted by molar-refractivity contribution is 9.10. The fourth-order valence-corrected chi connectivity index (χ4v) is 2.39. The third-order valence-electron chi connectivity index (χ3n) is 3.22. The number of benzene rings is 2. The molecule has 0 bridgehead atoms. The molecule has 2 rings (SSSR count). The van der Waals surface area contributed by atoms with Crippen LogP contribution in [0.3, 0.4) is 0 Å². The molecular formula is C16H17BrFNO2. The number of methoxy groups -OCH3 is 2. The maximum Gasteiger partial charge on any atom is 0.137 e. The van der Waals surface area contributed by atoms with E-state index in [9.17, 15) is 4.39 Å². The Balaban J connectivity index is 2.21. The highest BCUT2D eigenvalue weighted by atomic mass is 79.9. The van der Waals surface area contributed by atoms with Crippen LogP contribution in [0, 0.1) is 12.7 Å². The van der Waals surface area contributed by atoms with E-state index in [1.807, 2.05) is 25.1 Å². The van der Waals surface area contributed by atoms with Crippen molar-refractivity contribution in [1.82, 2.24) is 0 Å². The van der Waals surface area contributed by atoms with Gasteiger partial charge < -0.3 is 14.8 Å². The van der Waals surface area contributed by atoms with Gasteiger partial charge in [-0.25, -0.2) is 4.39 Å². The van der Waals surface area contributed by atoms with Gasteiger partial charge in [-0.05, 0) is 58.7 Å². The second-order valence-corrected chi connectivity index (χ2v) is 5.47. The van der Waals surface area contributed by atoms with Gasteiger partial charge in [0.15, 0.2) is 0 Å². The van der Waals surface area contributed by atoms with Gasteiger partial charge in [0.05, 0.1) is 18.7 Å². The molecule has 0 aliphatic heterocycles. The predicted octanol–water partition coefficient (Wildman–Crippen LogP) is 4.53. The standard InChI is InChI=1S/C16H17BrFNO2/c1-10-6-14(18)13(17)8-15(10)19-9-11-7-12(20-2)4-5-16(11)21-3/h4-8,19H,9H2,1-3H3. The highest BCUT2D eigenvalue weighted by Crippen LogP contribution is 2.27. The minimum absolute atomic E-state index is 0.267. The SMILES string of the molecule is COc1ccc(OC)c(CNc2cc(Br)c(F)cc2C)c1. The van der Waals surface area contributed by atoms with Crippen LogP contribution in [0.25, 0.3) is 0 Å². The average molecular weight is 354 g/mol. The molecule has 0 fully saturated rings. The zero-order chi connectivity index (χ0) is 15.4. The zero-order valence-electron chi connectivity index (χ0n) is 12.2. The van der Waals surface area contributed by atoms with Crippen molar-refractivity contribution in [1.29, 1.82) is 0 Å². The lowest BCUT2D eigenvalue weighted by Crippen LogP contribution is -2.04. The molecule has 0 heterocycles. The maximum atomic E-state index is 13.4. The summed E-state index contributed by atoms with van der Waals surface area (Å²) in [4.78, 5) is 0. The molecule has 3 nitrogen and oxygen atoms in total. The van der Waals surface area contributed by atoms with Crippen molar-refractivity contribution in [3.05, 3.63) is 51.7 Å². The van der Waals surface area contributed by atoms with Gasteiger partial charge in [0, 0.05) is 17.8 Å². The quantitative estimate of drug-likeness (QED) is 0.856. The van der Waals surface area contributed by atoms with Gasteiger partial charge in [0.2, 0.25) is 0 Å². The number of rotatable bonds is 5. The van der Waals surface area contributed by atoms with E-state index in [0.29, 0.717) is 11.0 Å². The largest absolute Gasteiger partial charge is 0.497 e. The first-order chi connectivity index (χ1) is 10.0. The average Bonchev–Trinajstić information content (AvgIpc) is 2.49. The van der Waals surface area contributed by atoms with Gasteiger partial charge in [-0.1, -0.05) is 0 Å². The van der Waals surface area contributed by atoms with E-state index in [1.54, 1.807) is 20.3 Å². The van der Waals surface area contributed by atoms with Crippen LogP contribution in [0.15, 0.2) is 34.8 Å². The first-order valence-corrected chi connectivity index (χ1v) is 7.25. The molecule has 112 valence electrons. The van der Waals surface area contributed by atoms with E-state index < -0.39 is 0 Å². The van der Waals surface area contributed by atoms with Crippen LogP contribution < -0.4 is 14.8 Å². The second-order valence-electron chi connectivity index (χ2n) is 4.61. The van der Waals surface area contributed by atoms with Gasteiger partial charge in [0.1, 0.15) is 17.3 Å². The molecule has 5 heteroatoms. The Labute approximate surface area is 132 Å². The lowest BCUT2D eigenvalue weighted by molar-refractivity contribution is 0.399. The van der Waals surface area contributed by atoms with E-state index in [2.05, 4.69) is 21.2 Å². The molecule has 0 saturated heterocycles. The molecule has 0 aliphatic carbocycles. The summed E-state index contributed by atoms with van der Waals surface area (Å²) in [6, 6.07) is 8.86. The van der Waals surface area contributed by atoms with Crippen molar-refractivity contribution < 1.29 is 13.9 Å². The minimum atomic E-state index is -0.267. The molecule has 0 saturated carbocycles. The fourth-order valence-electron chi connectivity index (χ4n) is 2.05. The Bertz CT molecular complexity index is 646. The molecule has 0 spiro atoms. The van der Waals surface area contributed by atoms with Crippen LogP contribution in [0.4, 0.5) is 10.1 Å². The molecule has 0 atom stereocenters. The van der Waals surface area contributed by atoms with Crippen molar-refractivity contribution >= 4 is 21.6 Å². The normalized spacial score (nSPS) is 10.3. The van der Waals surface area contributed by atoms with E-state index in [4.69, 9.17) is 9.47 Å². The third kappa shape index (κ3) is 3.67. The van der Waals surface area contributed by atoms with Crippen LogP contribution in [0.5, 0.6) is 11.5 Å². The van der Waals surface area contributed by atoms with Crippen LogP contribution >= 0.6 is 15.9 Å². The summed E-state index contributed by atoms with van der Waals surface area (Å²) >= 11 is 3.20. The lowest BCUT2D eigenvalue weighted by atomic mass is 10.1. The van der Waals surface area contributed by atoms with Crippen LogP contribution in [-0.4, -0.2) is 14.2 Å². The summed E-state index contributed by atoms with van der Waals surface area (Å²) in [6.07, 6.45) is 0. The molecule has 0 radical (unpaired) electrons. The van der Waals surface area contributed by atoms with Crippen LogP contribution in [0.1, 0.15) is 11.1 Å². The molecule has 2 aromatic carbocycles. The van der Waals surface area contributed by atoms with Crippen LogP contribution in [0.2, 0.25) is 0 Å². The topological polar surface area (TPSA) is 30.5 Å². The van der Waals surface area contributed by atoms with Crippen molar-refractivity contribution in [2.24, 2.45) is 0 Å². The minimum Gasteiger partial charge on any atom is -0.497 e. The third-order valence-corrected chi connectivity index (χ3v) is 3.83. The van der Waals surface area contributed by atoms with Gasteiger partial charge in [-0.2, -0.15) is 0 Å². The molecule has 0 unspecified atom stereocenters. The van der Waals surface area contributed by atoms with E-state index in [1.165, 1.54) is 6.07 Å². The number of halogens is 2. The summed E-state index contributed by atoms with van der Waals surface area (Å²) in [7, 11) is 3.26. The number of anilines is 1. The second kappa shape index (κ2) is 6.80. The van der Waals surface area contributed by atoms with E-state index in [0.717, 1.165) is 28.3 Å². The molecule has 0 aliphatic rings. The van der Waals surface area contributed by atoms with Crippen LogP contribution in [-0.2, 0) is 6.54 Å². The Morgan fingerprint density at radius 3 is 2.57 bits per heavy atom. The van der Waals surface area contributed by atoms with Crippen molar-refractivity contribution in [2.45, 2.75) is 13.5 Å². The number of hydrogen-bond acceptors (Lipinski definition) is 3. The highest BCUT2D eigenvalue weighted by Gasteiger charge is 2.08. The molecule has 21 heavy (non-hydrogen) atoms. The zero-order valence-corrected chi connectivity index (χ0v) is 13.8. The monoisotopic (exact) mass is 353 g/mol. The summed E-state index contributed by atoms with van der Waals surface area (Å²) in [6.45, 7) is 2.42. The number of ether oxygens (including phenoxy) is 2. The van der Waals surface area contributed by atoms with Gasteiger partial charge in [-0.15, -0.1) is 0 Å². The number of nitrogens with one attached hydrogen (secondary N) is 1. The summed E-state index contributed by atoms with van der Waals surface area (Å²) in [5.41, 5.74) is 2.68. The van der Waals surface area contributed by atoms with E-state index in [-0.39, 0.29) is 5.82 Å². The Kier molecular flexibility index (Phi) is 5.07. The Morgan fingerprint density at radius 1 is 1.14 bits per heavy atom. The van der Waals surface area contributed by atoms with Gasteiger partial charge in [-0.3, -0.25) is 0 Å². The number of hydrogen-bond donors (Lipinski definition) is 1. The summed E-state index contributed by atoms with van der Waals surface area (Å²) in [5.74, 6) is 1.28. The summed E-state index contributed by atoms with van der Waals surface area (Å²) < 4.78 is 24.4. The van der Waals surface area contributed by atoms with Crippen molar-refractivity contribution in [3.63, 3.8) is 0 Å². The Morgan fingerprint density at radius 2 is 1.90 bits per heavy atom. The number of aryl methyl sites for hydroxylation is 1. The fraction of sp³-hybridized carbons (Fsp3) is 0.250. The van der Waals surface area contributed by atoms with Gasteiger partial charge >= 0.3 is 0 Å². The molecule has 2 aromatic rings. The van der Waals surface area contributed by atoms with Gasteiger partial charge in [0.25, 0.3) is 0 Å². The molecule has 0 amide bonds. The maximum absolute atomic E-state index is 13.4. The molecular weight excluding hydrogens is 337 g/mol. The smallest absolute Gasteiger partial charge is 0.137 e. The molecule has 0 aromatic heterocycles. The molecule has 1 N–H and O–H groups in total.